The average Bonchev–Trinajstić information content (AvgIpc) is 2.77. The van der Waals surface area contributed by atoms with Crippen LogP contribution in [0.2, 0.25) is 0 Å². The monoisotopic (exact) mass is 335 g/mol. The van der Waals surface area contributed by atoms with E-state index in [2.05, 4.69) is 5.16 Å². The van der Waals surface area contributed by atoms with Crippen LogP contribution in [-0.2, 0) is 16.0 Å². The third kappa shape index (κ3) is 3.80. The van der Waals surface area contributed by atoms with Crippen LogP contribution in [0.15, 0.2) is 22.7 Å². The summed E-state index contributed by atoms with van der Waals surface area (Å²) in [5.41, 5.74) is 5.47. The van der Waals surface area contributed by atoms with E-state index < -0.39 is 23.7 Å². The number of nitrogens with zero attached hydrogens (tertiary/aromatic N) is 2. The second kappa shape index (κ2) is 6.19. The molecule has 24 heavy (non-hydrogen) atoms. The van der Waals surface area contributed by atoms with Crippen LogP contribution < -0.4 is 5.73 Å². The molecule has 3 amide bonds. The van der Waals surface area contributed by atoms with Crippen molar-refractivity contribution < 1.29 is 28.8 Å². The number of benzene rings is 1. The van der Waals surface area contributed by atoms with Crippen LogP contribution in [0, 0.1) is 0 Å². The number of imide groups is 3. The quantitative estimate of drug-likeness (QED) is 0.853. The van der Waals surface area contributed by atoms with Gasteiger partial charge in [0.05, 0.1) is 11.8 Å². The lowest BCUT2D eigenvalue weighted by Crippen LogP contribution is -2.44. The molecule has 1 heterocycles. The first-order chi connectivity index (χ1) is 11.1. The Bertz CT molecular complexity index is 805. The highest BCUT2D eigenvalue weighted by atomic mass is 16.6. The number of aromatic nitrogens is 1. The average molecular weight is 335 g/mol. The number of carbonyl (C=O) groups excluding carboxylic acids is 2. The topological polar surface area (TPSA) is 136 Å². The first-order valence-corrected chi connectivity index (χ1v) is 7.01. The van der Waals surface area contributed by atoms with Gasteiger partial charge in [0, 0.05) is 0 Å². The van der Waals surface area contributed by atoms with Gasteiger partial charge in [-0.3, -0.25) is 4.79 Å². The molecule has 2 aromatic rings. The van der Waals surface area contributed by atoms with Gasteiger partial charge in [-0.1, -0.05) is 11.2 Å². The van der Waals surface area contributed by atoms with Crippen molar-refractivity contribution in [1.29, 1.82) is 0 Å². The van der Waals surface area contributed by atoms with Gasteiger partial charge in [0.1, 0.15) is 5.60 Å². The molecule has 0 aliphatic rings. The number of carbonyl (C=O) groups is 3. The maximum absolute atomic E-state index is 12.2. The second-order valence-corrected chi connectivity index (χ2v) is 6.07. The summed E-state index contributed by atoms with van der Waals surface area (Å²) in [6, 6.07) is 4.68. The summed E-state index contributed by atoms with van der Waals surface area (Å²) in [4.78, 5) is 35.4. The molecule has 128 valence electrons. The fourth-order valence-corrected chi connectivity index (χ4v) is 1.96. The number of hydrogen-bond acceptors (Lipinski definition) is 7. The van der Waals surface area contributed by atoms with Gasteiger partial charge in [-0.15, -0.1) is 4.90 Å². The smallest absolute Gasteiger partial charge is 0.426 e. The number of rotatable bonds is 2. The molecule has 0 atom stereocenters. The van der Waals surface area contributed by atoms with E-state index >= 15 is 0 Å². The Morgan fingerprint density at radius 1 is 1.33 bits per heavy atom. The van der Waals surface area contributed by atoms with Gasteiger partial charge in [0.25, 0.3) is 0 Å². The summed E-state index contributed by atoms with van der Waals surface area (Å²) in [5.74, 6) is -0.729. The summed E-state index contributed by atoms with van der Waals surface area (Å²) < 4.78 is 9.92. The highest BCUT2D eigenvalue weighted by molar-refractivity contribution is 6.06. The SMILES string of the molecule is CC(C)(C)OC(=O)N(C(=O)O)C(=O)Cc1ccc2c(N)noc2c1. The van der Waals surface area contributed by atoms with Crippen LogP contribution in [0.25, 0.3) is 11.0 Å². The van der Waals surface area contributed by atoms with E-state index in [1.165, 1.54) is 6.07 Å². The minimum absolute atomic E-state index is 0.0458. The van der Waals surface area contributed by atoms with Crippen molar-refractivity contribution in [3.05, 3.63) is 23.8 Å². The van der Waals surface area contributed by atoms with Crippen molar-refractivity contribution in [2.45, 2.75) is 32.8 Å². The molecule has 1 aromatic heterocycles. The van der Waals surface area contributed by atoms with Gasteiger partial charge in [0.2, 0.25) is 5.91 Å². The van der Waals surface area contributed by atoms with E-state index in [4.69, 9.17) is 20.1 Å². The van der Waals surface area contributed by atoms with Crippen LogP contribution in [-0.4, -0.2) is 38.9 Å². The fraction of sp³-hybridized carbons (Fsp3) is 0.333. The number of nitrogen functional groups attached to an aromatic ring is 1. The molecule has 9 nitrogen and oxygen atoms in total. The Kier molecular flexibility index (Phi) is 4.45. The number of ether oxygens (including phenoxy) is 1. The number of amides is 3. The van der Waals surface area contributed by atoms with Crippen LogP contribution in [0.5, 0.6) is 0 Å². The molecular formula is C15H17N3O6. The number of carboxylic acid groups (broad SMARTS) is 1. The Morgan fingerprint density at radius 2 is 2.00 bits per heavy atom. The van der Waals surface area contributed by atoms with Gasteiger partial charge in [-0.25, -0.2) is 9.59 Å². The lowest BCUT2D eigenvalue weighted by Gasteiger charge is -2.23. The molecule has 0 radical (unpaired) electrons. The predicted molar refractivity (Wildman–Crippen MR) is 83.2 cm³/mol. The number of hydrogen-bond donors (Lipinski definition) is 2. The number of nitrogens with two attached hydrogens (primary N) is 1. The van der Waals surface area contributed by atoms with E-state index in [1.807, 2.05) is 0 Å². The zero-order chi connectivity index (χ0) is 18.1. The molecule has 0 saturated carbocycles. The van der Waals surface area contributed by atoms with Crippen molar-refractivity contribution >= 4 is 34.9 Å². The summed E-state index contributed by atoms with van der Waals surface area (Å²) in [6.07, 6.45) is -3.29. The van der Waals surface area contributed by atoms with E-state index in [0.717, 1.165) is 0 Å². The first-order valence-electron chi connectivity index (χ1n) is 7.01. The van der Waals surface area contributed by atoms with Crippen molar-refractivity contribution in [2.75, 3.05) is 5.73 Å². The molecule has 0 unspecified atom stereocenters. The normalized spacial score (nSPS) is 11.3. The third-order valence-electron chi connectivity index (χ3n) is 2.94. The van der Waals surface area contributed by atoms with Gasteiger partial charge >= 0.3 is 12.2 Å². The Labute approximate surface area is 136 Å². The summed E-state index contributed by atoms with van der Waals surface area (Å²) in [5, 5.41) is 13.3. The Balaban J connectivity index is 2.20. The summed E-state index contributed by atoms with van der Waals surface area (Å²) in [7, 11) is 0. The van der Waals surface area contributed by atoms with E-state index in [1.54, 1.807) is 32.9 Å². The highest BCUT2D eigenvalue weighted by Gasteiger charge is 2.32. The van der Waals surface area contributed by atoms with Crippen LogP contribution in [0.4, 0.5) is 15.4 Å². The Hall–Kier alpha value is -3.10. The molecule has 2 rings (SSSR count). The van der Waals surface area contributed by atoms with E-state index in [9.17, 15) is 14.4 Å². The zero-order valence-electron chi connectivity index (χ0n) is 13.4. The molecule has 0 spiro atoms. The molecule has 0 aliphatic carbocycles. The third-order valence-corrected chi connectivity index (χ3v) is 2.94. The van der Waals surface area contributed by atoms with Gasteiger partial charge in [0.15, 0.2) is 11.4 Å². The van der Waals surface area contributed by atoms with Gasteiger partial charge in [-0.2, -0.15) is 0 Å². The zero-order valence-corrected chi connectivity index (χ0v) is 13.4. The van der Waals surface area contributed by atoms with Gasteiger partial charge < -0.3 is 20.1 Å². The standard InChI is InChI=1S/C15H17N3O6/c1-15(2,3)23-14(22)18(13(20)21)11(19)7-8-4-5-9-10(6-8)24-17-12(9)16/h4-6H,7H2,1-3H3,(H2,16,17)(H,20,21). The molecule has 0 bridgehead atoms. The van der Waals surface area contributed by atoms with Crippen molar-refractivity contribution in [3.8, 4) is 0 Å². The van der Waals surface area contributed by atoms with Crippen molar-refractivity contribution in [1.82, 2.24) is 10.1 Å². The summed E-state index contributed by atoms with van der Waals surface area (Å²) >= 11 is 0. The fourth-order valence-electron chi connectivity index (χ4n) is 1.96. The molecule has 1 aromatic carbocycles. The first kappa shape index (κ1) is 17.3. The van der Waals surface area contributed by atoms with Crippen LogP contribution in [0.3, 0.4) is 0 Å². The van der Waals surface area contributed by atoms with Crippen LogP contribution >= 0.6 is 0 Å². The lowest BCUT2D eigenvalue weighted by molar-refractivity contribution is -0.127. The lowest BCUT2D eigenvalue weighted by atomic mass is 10.1. The molecule has 0 aliphatic heterocycles. The van der Waals surface area contributed by atoms with Crippen molar-refractivity contribution in [2.24, 2.45) is 0 Å². The summed E-state index contributed by atoms with van der Waals surface area (Å²) in [6.45, 7) is 4.70. The molecule has 0 saturated heterocycles. The van der Waals surface area contributed by atoms with Crippen molar-refractivity contribution in [3.63, 3.8) is 0 Å². The Morgan fingerprint density at radius 3 is 2.58 bits per heavy atom. The molecule has 3 N–H and O–H groups in total. The minimum Gasteiger partial charge on any atom is -0.464 e. The second-order valence-electron chi connectivity index (χ2n) is 6.07. The highest BCUT2D eigenvalue weighted by Crippen LogP contribution is 2.22. The minimum atomic E-state index is -1.71. The number of anilines is 1. The molecule has 0 fully saturated rings. The van der Waals surface area contributed by atoms with Gasteiger partial charge in [-0.05, 0) is 38.5 Å². The maximum Gasteiger partial charge on any atom is 0.426 e. The largest absolute Gasteiger partial charge is 0.464 e. The molecule has 9 heteroatoms. The predicted octanol–water partition coefficient (Wildman–Crippen LogP) is 2.39. The maximum atomic E-state index is 12.2. The molecular weight excluding hydrogens is 318 g/mol. The van der Waals surface area contributed by atoms with Crippen LogP contribution in [0.1, 0.15) is 26.3 Å². The van der Waals surface area contributed by atoms with E-state index in [-0.39, 0.29) is 17.1 Å². The number of fused-ring (bicyclic) bond motifs is 1. The van der Waals surface area contributed by atoms with E-state index in [0.29, 0.717) is 16.5 Å².